The molecule has 1 atom stereocenters. The maximum absolute atomic E-state index is 11.4. The fourth-order valence-corrected chi connectivity index (χ4v) is 1.91. The minimum Gasteiger partial charge on any atom is -0.518 e. The Kier molecular flexibility index (Phi) is 2.75. The molecule has 1 rings (SSSR count). The minimum absolute atomic E-state index is 0.0578. The monoisotopic (exact) mass is 201 g/mol. The summed E-state index contributed by atoms with van der Waals surface area (Å²) in [5.74, 6) is -0.331. The standard InChI is InChI=1S/C8H15NO3Si/c1-13(2,3)12-8(11)6-4-5-7(10)9-6/h6H,4-5H2,1-3H3,(H,9,10)/t6-/m0/s1. The van der Waals surface area contributed by atoms with Gasteiger partial charge in [0.2, 0.25) is 14.2 Å². The molecule has 4 nitrogen and oxygen atoms in total. The molecule has 0 saturated carbocycles. The van der Waals surface area contributed by atoms with Crippen molar-refractivity contribution in [2.75, 3.05) is 0 Å². The van der Waals surface area contributed by atoms with Crippen LogP contribution >= 0.6 is 0 Å². The molecule has 1 aliphatic rings. The van der Waals surface area contributed by atoms with Gasteiger partial charge in [-0.15, -0.1) is 0 Å². The summed E-state index contributed by atoms with van der Waals surface area (Å²) in [5.41, 5.74) is 0. The van der Waals surface area contributed by atoms with E-state index in [9.17, 15) is 9.59 Å². The van der Waals surface area contributed by atoms with Crippen molar-refractivity contribution < 1.29 is 14.0 Å². The fourth-order valence-electron chi connectivity index (χ4n) is 1.16. The van der Waals surface area contributed by atoms with Crippen LogP contribution in [0.15, 0.2) is 0 Å². The van der Waals surface area contributed by atoms with Gasteiger partial charge >= 0.3 is 5.97 Å². The van der Waals surface area contributed by atoms with Crippen molar-refractivity contribution in [3.63, 3.8) is 0 Å². The molecule has 1 amide bonds. The molecule has 0 aromatic rings. The third kappa shape index (κ3) is 3.18. The van der Waals surface area contributed by atoms with Gasteiger partial charge in [-0.2, -0.15) is 0 Å². The van der Waals surface area contributed by atoms with Gasteiger partial charge in [0.1, 0.15) is 6.04 Å². The van der Waals surface area contributed by atoms with E-state index in [-0.39, 0.29) is 11.9 Å². The molecule has 1 aliphatic heterocycles. The first kappa shape index (κ1) is 10.2. The second kappa shape index (κ2) is 3.49. The van der Waals surface area contributed by atoms with Crippen LogP contribution in [-0.4, -0.2) is 26.2 Å². The molecule has 0 spiro atoms. The highest BCUT2D eigenvalue weighted by Crippen LogP contribution is 2.11. The van der Waals surface area contributed by atoms with E-state index < -0.39 is 14.4 Å². The zero-order valence-corrected chi connectivity index (χ0v) is 9.22. The number of carbonyl (C=O) groups is 2. The van der Waals surface area contributed by atoms with Crippen LogP contribution < -0.4 is 5.32 Å². The van der Waals surface area contributed by atoms with Gasteiger partial charge in [0.25, 0.3) is 0 Å². The van der Waals surface area contributed by atoms with Gasteiger partial charge in [-0.3, -0.25) is 9.59 Å². The summed E-state index contributed by atoms with van der Waals surface area (Å²) in [5, 5.41) is 2.58. The summed E-state index contributed by atoms with van der Waals surface area (Å²) < 4.78 is 5.26. The number of amides is 1. The van der Waals surface area contributed by atoms with Crippen LogP contribution in [0.4, 0.5) is 0 Å². The normalized spacial score (nSPS) is 22.7. The number of rotatable bonds is 2. The summed E-state index contributed by atoms with van der Waals surface area (Å²) in [7, 11) is -1.81. The Bertz CT molecular complexity index is 234. The predicted octanol–water partition coefficient (Wildman–Crippen LogP) is 0.643. The third-order valence-corrected chi connectivity index (χ3v) is 2.50. The smallest absolute Gasteiger partial charge is 0.315 e. The highest BCUT2D eigenvalue weighted by atomic mass is 28.4. The zero-order chi connectivity index (χ0) is 10.1. The molecular weight excluding hydrogens is 186 g/mol. The van der Waals surface area contributed by atoms with Crippen LogP contribution in [0.5, 0.6) is 0 Å². The number of hydrogen-bond acceptors (Lipinski definition) is 3. The first-order valence-corrected chi connectivity index (χ1v) is 7.81. The summed E-state index contributed by atoms with van der Waals surface area (Å²) in [6, 6.07) is -0.403. The minimum atomic E-state index is -1.81. The summed E-state index contributed by atoms with van der Waals surface area (Å²) in [4.78, 5) is 22.2. The summed E-state index contributed by atoms with van der Waals surface area (Å²) >= 11 is 0. The van der Waals surface area contributed by atoms with E-state index in [2.05, 4.69) is 5.32 Å². The lowest BCUT2D eigenvalue weighted by Gasteiger charge is -2.20. The Morgan fingerprint density at radius 2 is 2.15 bits per heavy atom. The molecule has 5 heteroatoms. The van der Waals surface area contributed by atoms with E-state index in [1.54, 1.807) is 0 Å². The summed E-state index contributed by atoms with van der Waals surface area (Å²) in [6.07, 6.45) is 1.01. The molecule has 0 bridgehead atoms. The maximum Gasteiger partial charge on any atom is 0.315 e. The van der Waals surface area contributed by atoms with Crippen molar-refractivity contribution in [2.24, 2.45) is 0 Å². The van der Waals surface area contributed by atoms with Crippen molar-refractivity contribution in [2.45, 2.75) is 38.5 Å². The second-order valence-corrected chi connectivity index (χ2v) is 8.62. The van der Waals surface area contributed by atoms with Crippen LogP contribution in [-0.2, 0) is 14.0 Å². The Morgan fingerprint density at radius 3 is 2.54 bits per heavy atom. The number of hydrogen-bond donors (Lipinski definition) is 1. The predicted molar refractivity (Wildman–Crippen MR) is 50.6 cm³/mol. The number of carbonyl (C=O) groups excluding carboxylic acids is 2. The molecular formula is C8H15NO3Si. The van der Waals surface area contributed by atoms with Gasteiger partial charge in [-0.25, -0.2) is 0 Å². The second-order valence-electron chi connectivity index (χ2n) is 4.19. The van der Waals surface area contributed by atoms with E-state index in [1.807, 2.05) is 19.6 Å². The van der Waals surface area contributed by atoms with Gasteiger partial charge in [0.15, 0.2) is 0 Å². The molecule has 13 heavy (non-hydrogen) atoms. The van der Waals surface area contributed by atoms with E-state index >= 15 is 0 Å². The van der Waals surface area contributed by atoms with E-state index in [1.165, 1.54) is 0 Å². The van der Waals surface area contributed by atoms with Crippen molar-refractivity contribution in [1.29, 1.82) is 0 Å². The van der Waals surface area contributed by atoms with Crippen LogP contribution in [0.1, 0.15) is 12.8 Å². The van der Waals surface area contributed by atoms with Gasteiger partial charge in [-0.05, 0) is 26.1 Å². The maximum atomic E-state index is 11.4. The molecule has 0 aromatic heterocycles. The van der Waals surface area contributed by atoms with Crippen molar-refractivity contribution in [1.82, 2.24) is 5.32 Å². The highest BCUT2D eigenvalue weighted by Gasteiger charge is 2.31. The van der Waals surface area contributed by atoms with Crippen LogP contribution in [0.25, 0.3) is 0 Å². The zero-order valence-electron chi connectivity index (χ0n) is 8.22. The quantitative estimate of drug-likeness (QED) is 0.667. The lowest BCUT2D eigenvalue weighted by molar-refractivity contribution is -0.138. The summed E-state index contributed by atoms with van der Waals surface area (Å²) in [6.45, 7) is 5.84. The van der Waals surface area contributed by atoms with Crippen molar-refractivity contribution >= 4 is 20.2 Å². The Labute approximate surface area is 78.8 Å². The van der Waals surface area contributed by atoms with Gasteiger partial charge in [0.05, 0.1) is 0 Å². The average molecular weight is 201 g/mol. The van der Waals surface area contributed by atoms with Gasteiger partial charge in [0, 0.05) is 6.42 Å². The van der Waals surface area contributed by atoms with Crippen LogP contribution in [0, 0.1) is 0 Å². The Balaban J connectivity index is 2.45. The van der Waals surface area contributed by atoms with Gasteiger partial charge in [-0.1, -0.05) is 0 Å². The Morgan fingerprint density at radius 1 is 1.54 bits per heavy atom. The Hall–Kier alpha value is -0.843. The lowest BCUT2D eigenvalue weighted by Crippen LogP contribution is -2.40. The fraction of sp³-hybridized carbons (Fsp3) is 0.750. The molecule has 1 heterocycles. The molecule has 1 fully saturated rings. The highest BCUT2D eigenvalue weighted by molar-refractivity contribution is 6.71. The molecule has 0 radical (unpaired) electrons. The van der Waals surface area contributed by atoms with Crippen molar-refractivity contribution in [3.05, 3.63) is 0 Å². The van der Waals surface area contributed by atoms with Crippen LogP contribution in [0.2, 0.25) is 19.6 Å². The van der Waals surface area contributed by atoms with Crippen LogP contribution in [0.3, 0.4) is 0 Å². The molecule has 0 aliphatic carbocycles. The number of nitrogens with one attached hydrogen (secondary N) is 1. The third-order valence-electron chi connectivity index (χ3n) is 1.69. The lowest BCUT2D eigenvalue weighted by atomic mass is 10.2. The molecule has 74 valence electrons. The van der Waals surface area contributed by atoms with E-state index in [0.717, 1.165) is 0 Å². The first-order chi connectivity index (χ1) is 5.88. The van der Waals surface area contributed by atoms with E-state index in [4.69, 9.17) is 4.43 Å². The molecule has 0 unspecified atom stereocenters. The molecule has 0 aromatic carbocycles. The molecule has 1 saturated heterocycles. The van der Waals surface area contributed by atoms with Crippen molar-refractivity contribution in [3.8, 4) is 0 Å². The average Bonchev–Trinajstić information content (AvgIpc) is 2.31. The first-order valence-electron chi connectivity index (χ1n) is 4.41. The largest absolute Gasteiger partial charge is 0.518 e. The molecule has 1 N–H and O–H groups in total. The SMILES string of the molecule is C[Si](C)(C)OC(=O)[C@@H]1CCC(=O)N1. The topological polar surface area (TPSA) is 55.4 Å². The van der Waals surface area contributed by atoms with Gasteiger partial charge < -0.3 is 9.74 Å². The van der Waals surface area contributed by atoms with E-state index in [0.29, 0.717) is 12.8 Å².